The summed E-state index contributed by atoms with van der Waals surface area (Å²) in [5, 5.41) is 12.0. The monoisotopic (exact) mass is 243 g/mol. The van der Waals surface area contributed by atoms with Gasteiger partial charge in [-0.2, -0.15) is 0 Å². The van der Waals surface area contributed by atoms with Crippen molar-refractivity contribution in [1.82, 2.24) is 9.97 Å². The highest BCUT2D eigenvalue weighted by atomic mass is 35.5. The summed E-state index contributed by atoms with van der Waals surface area (Å²) in [7, 11) is 0. The molecule has 2 N–H and O–H groups in total. The molecule has 0 aromatic carbocycles. The maximum atomic E-state index is 11.4. The zero-order valence-corrected chi connectivity index (χ0v) is 9.90. The van der Waals surface area contributed by atoms with Crippen LogP contribution in [0, 0.1) is 5.92 Å². The molecule has 16 heavy (non-hydrogen) atoms. The first-order valence-corrected chi connectivity index (χ1v) is 5.46. The number of aliphatic hydroxyl groups excluding tert-OH is 1. The van der Waals surface area contributed by atoms with Gasteiger partial charge in [0, 0.05) is 12.1 Å². The average molecular weight is 244 g/mol. The molecule has 0 radical (unpaired) electrons. The van der Waals surface area contributed by atoms with Crippen LogP contribution in [0.5, 0.6) is 0 Å². The molecule has 0 saturated heterocycles. The third-order valence-electron chi connectivity index (χ3n) is 1.92. The quantitative estimate of drug-likeness (QED) is 0.783. The van der Waals surface area contributed by atoms with E-state index in [9.17, 15) is 9.90 Å². The standard InChI is InChI=1S/C10H14ClN3O2/c1-6(2)9(16)14-10-12-4-3-7(13-10)8(15)5-11/h3-4,6,8,15H,5H2,1-2H3,(H,12,13,14,16). The fraction of sp³-hybridized carbons (Fsp3) is 0.500. The SMILES string of the molecule is CC(C)C(=O)Nc1nccc(C(O)CCl)n1. The molecule has 1 unspecified atom stereocenters. The zero-order chi connectivity index (χ0) is 12.1. The van der Waals surface area contributed by atoms with Crippen LogP contribution in [0.15, 0.2) is 12.3 Å². The number of anilines is 1. The predicted octanol–water partition coefficient (Wildman–Crippen LogP) is 1.34. The minimum absolute atomic E-state index is 0.0502. The molecule has 1 rings (SSSR count). The number of carbonyl (C=O) groups excluding carboxylic acids is 1. The first kappa shape index (κ1) is 12.9. The number of halogens is 1. The lowest BCUT2D eigenvalue weighted by Gasteiger charge is -2.09. The number of alkyl halides is 1. The summed E-state index contributed by atoms with van der Waals surface area (Å²) < 4.78 is 0. The Kier molecular flexibility index (Phi) is 4.64. The molecule has 1 amide bonds. The lowest BCUT2D eigenvalue weighted by molar-refractivity contribution is -0.118. The Hall–Kier alpha value is -1.20. The maximum absolute atomic E-state index is 11.4. The second-order valence-corrected chi connectivity index (χ2v) is 3.93. The van der Waals surface area contributed by atoms with Crippen LogP contribution in [0.3, 0.4) is 0 Å². The molecule has 0 aliphatic heterocycles. The van der Waals surface area contributed by atoms with E-state index in [0.717, 1.165) is 0 Å². The number of hydrogen-bond donors (Lipinski definition) is 2. The molecular formula is C10H14ClN3O2. The van der Waals surface area contributed by atoms with Crippen molar-refractivity contribution in [2.75, 3.05) is 11.2 Å². The van der Waals surface area contributed by atoms with Crippen LogP contribution in [0.2, 0.25) is 0 Å². The normalized spacial score (nSPS) is 12.6. The van der Waals surface area contributed by atoms with Crippen LogP contribution in [0.4, 0.5) is 5.95 Å². The van der Waals surface area contributed by atoms with Gasteiger partial charge in [0.1, 0.15) is 6.10 Å². The van der Waals surface area contributed by atoms with E-state index in [0.29, 0.717) is 5.69 Å². The summed E-state index contributed by atoms with van der Waals surface area (Å²) in [6.07, 6.45) is 0.619. The van der Waals surface area contributed by atoms with Crippen molar-refractivity contribution in [3.05, 3.63) is 18.0 Å². The number of hydrogen-bond acceptors (Lipinski definition) is 4. The van der Waals surface area contributed by atoms with Crippen molar-refractivity contribution in [1.29, 1.82) is 0 Å². The van der Waals surface area contributed by atoms with E-state index in [-0.39, 0.29) is 23.7 Å². The van der Waals surface area contributed by atoms with Gasteiger partial charge < -0.3 is 5.11 Å². The summed E-state index contributed by atoms with van der Waals surface area (Å²) in [4.78, 5) is 19.3. The Balaban J connectivity index is 2.78. The van der Waals surface area contributed by atoms with E-state index < -0.39 is 6.10 Å². The van der Waals surface area contributed by atoms with Crippen LogP contribution in [-0.4, -0.2) is 26.9 Å². The van der Waals surface area contributed by atoms with Crippen molar-refractivity contribution >= 4 is 23.5 Å². The van der Waals surface area contributed by atoms with Crippen molar-refractivity contribution in [2.24, 2.45) is 5.92 Å². The largest absolute Gasteiger partial charge is 0.386 e. The van der Waals surface area contributed by atoms with E-state index in [4.69, 9.17) is 11.6 Å². The van der Waals surface area contributed by atoms with E-state index in [1.54, 1.807) is 19.9 Å². The average Bonchev–Trinajstić information content (AvgIpc) is 2.28. The van der Waals surface area contributed by atoms with Crippen LogP contribution < -0.4 is 5.32 Å². The maximum Gasteiger partial charge on any atom is 0.229 e. The van der Waals surface area contributed by atoms with Gasteiger partial charge in [-0.05, 0) is 6.07 Å². The van der Waals surface area contributed by atoms with Crippen LogP contribution in [0.25, 0.3) is 0 Å². The van der Waals surface area contributed by atoms with Gasteiger partial charge in [-0.1, -0.05) is 13.8 Å². The third-order valence-corrected chi connectivity index (χ3v) is 2.22. The lowest BCUT2D eigenvalue weighted by atomic mass is 10.2. The molecule has 6 heteroatoms. The van der Waals surface area contributed by atoms with Crippen LogP contribution in [0.1, 0.15) is 25.6 Å². The number of amides is 1. The second-order valence-electron chi connectivity index (χ2n) is 3.62. The molecule has 5 nitrogen and oxygen atoms in total. The molecule has 0 saturated carbocycles. The molecule has 0 bridgehead atoms. The molecule has 1 atom stereocenters. The van der Waals surface area contributed by atoms with E-state index >= 15 is 0 Å². The van der Waals surface area contributed by atoms with Crippen molar-refractivity contribution in [2.45, 2.75) is 20.0 Å². The lowest BCUT2D eigenvalue weighted by Crippen LogP contribution is -2.20. The number of aliphatic hydroxyl groups is 1. The van der Waals surface area contributed by atoms with Gasteiger partial charge in [-0.3, -0.25) is 10.1 Å². The van der Waals surface area contributed by atoms with Gasteiger partial charge in [0.2, 0.25) is 11.9 Å². The Morgan fingerprint density at radius 3 is 2.88 bits per heavy atom. The Bertz CT molecular complexity index is 371. The fourth-order valence-electron chi connectivity index (χ4n) is 0.952. The first-order chi connectivity index (χ1) is 7.54. The highest BCUT2D eigenvalue weighted by molar-refractivity contribution is 6.18. The smallest absolute Gasteiger partial charge is 0.229 e. The van der Waals surface area contributed by atoms with Gasteiger partial charge >= 0.3 is 0 Å². The number of aromatic nitrogens is 2. The topological polar surface area (TPSA) is 75.1 Å². The molecular weight excluding hydrogens is 230 g/mol. The Morgan fingerprint density at radius 2 is 2.31 bits per heavy atom. The summed E-state index contributed by atoms with van der Waals surface area (Å²) in [6.45, 7) is 3.54. The second kappa shape index (κ2) is 5.77. The van der Waals surface area contributed by atoms with Crippen molar-refractivity contribution in [3.8, 4) is 0 Å². The fourth-order valence-corrected chi connectivity index (χ4v) is 1.11. The number of carbonyl (C=O) groups is 1. The predicted molar refractivity (Wildman–Crippen MR) is 61.2 cm³/mol. The van der Waals surface area contributed by atoms with Crippen molar-refractivity contribution < 1.29 is 9.90 Å². The highest BCUT2D eigenvalue weighted by Gasteiger charge is 2.12. The minimum atomic E-state index is -0.848. The minimum Gasteiger partial charge on any atom is -0.386 e. The molecule has 0 fully saturated rings. The molecule has 0 aliphatic carbocycles. The number of nitrogens with one attached hydrogen (secondary N) is 1. The Morgan fingerprint density at radius 1 is 1.62 bits per heavy atom. The summed E-state index contributed by atoms with van der Waals surface area (Å²) >= 11 is 5.50. The van der Waals surface area contributed by atoms with Crippen molar-refractivity contribution in [3.63, 3.8) is 0 Å². The van der Waals surface area contributed by atoms with Crippen LogP contribution >= 0.6 is 11.6 Å². The van der Waals surface area contributed by atoms with Gasteiger partial charge in [0.25, 0.3) is 0 Å². The van der Waals surface area contributed by atoms with Gasteiger partial charge in [0.15, 0.2) is 0 Å². The summed E-state index contributed by atoms with van der Waals surface area (Å²) in [6, 6.07) is 1.55. The van der Waals surface area contributed by atoms with Gasteiger partial charge in [-0.25, -0.2) is 9.97 Å². The van der Waals surface area contributed by atoms with E-state index in [2.05, 4.69) is 15.3 Å². The number of rotatable bonds is 4. The van der Waals surface area contributed by atoms with Gasteiger partial charge in [-0.15, -0.1) is 11.6 Å². The number of nitrogens with zero attached hydrogens (tertiary/aromatic N) is 2. The molecule has 0 aliphatic rings. The van der Waals surface area contributed by atoms with Crippen LogP contribution in [-0.2, 0) is 4.79 Å². The van der Waals surface area contributed by atoms with E-state index in [1.807, 2.05) is 0 Å². The Labute approximate surface area is 98.9 Å². The third kappa shape index (κ3) is 3.43. The summed E-state index contributed by atoms with van der Waals surface area (Å²) in [5.74, 6) is -0.0859. The van der Waals surface area contributed by atoms with E-state index in [1.165, 1.54) is 6.20 Å². The molecule has 88 valence electrons. The molecule has 1 heterocycles. The molecule has 1 aromatic rings. The summed E-state index contributed by atoms with van der Waals surface area (Å²) in [5.41, 5.74) is 0.393. The zero-order valence-electron chi connectivity index (χ0n) is 9.14. The molecule has 0 spiro atoms. The molecule has 1 aromatic heterocycles. The highest BCUT2D eigenvalue weighted by Crippen LogP contribution is 2.12. The van der Waals surface area contributed by atoms with Gasteiger partial charge in [0.05, 0.1) is 11.6 Å². The first-order valence-electron chi connectivity index (χ1n) is 4.92.